The number of nitrogens with one attached hydrogen (secondary N) is 1. The third kappa shape index (κ3) is 4.94. The summed E-state index contributed by atoms with van der Waals surface area (Å²) < 4.78 is 24.9. The molecule has 0 spiro atoms. The lowest BCUT2D eigenvalue weighted by molar-refractivity contribution is 0.190. The number of halogens is 1. The highest BCUT2D eigenvalue weighted by Crippen LogP contribution is 2.32. The van der Waals surface area contributed by atoms with Gasteiger partial charge in [-0.25, -0.2) is 4.39 Å². The summed E-state index contributed by atoms with van der Waals surface area (Å²) in [5.41, 5.74) is 1.38. The molecule has 2 aromatic rings. The van der Waals surface area contributed by atoms with E-state index < -0.39 is 6.10 Å². The van der Waals surface area contributed by atoms with Crippen LogP contribution in [0.3, 0.4) is 0 Å². The molecule has 0 aromatic heterocycles. The van der Waals surface area contributed by atoms with Gasteiger partial charge in [-0.05, 0) is 19.1 Å². The van der Waals surface area contributed by atoms with Crippen LogP contribution in [-0.2, 0) is 13.2 Å². The van der Waals surface area contributed by atoms with Crippen molar-refractivity contribution < 1.29 is 19.0 Å². The van der Waals surface area contributed by atoms with E-state index in [1.165, 1.54) is 6.07 Å². The van der Waals surface area contributed by atoms with Crippen molar-refractivity contribution >= 4 is 0 Å². The lowest BCUT2D eigenvalue weighted by Gasteiger charge is -2.16. The average molecular weight is 319 g/mol. The van der Waals surface area contributed by atoms with Crippen LogP contribution in [0, 0.1) is 5.82 Å². The Balaban J connectivity index is 2.13. The van der Waals surface area contributed by atoms with E-state index in [2.05, 4.69) is 5.32 Å². The number of aliphatic hydroxyl groups is 1. The van der Waals surface area contributed by atoms with E-state index >= 15 is 0 Å². The molecule has 0 aliphatic heterocycles. The minimum absolute atomic E-state index is 0.121. The first-order valence-corrected chi connectivity index (χ1v) is 7.52. The van der Waals surface area contributed by atoms with Gasteiger partial charge in [-0.1, -0.05) is 30.3 Å². The van der Waals surface area contributed by atoms with Crippen molar-refractivity contribution in [3.05, 3.63) is 59.4 Å². The number of aliphatic hydroxyl groups excluding tert-OH is 1. The average Bonchev–Trinajstić information content (AvgIpc) is 2.54. The van der Waals surface area contributed by atoms with Crippen LogP contribution in [0.1, 0.15) is 18.1 Å². The molecule has 0 saturated heterocycles. The molecule has 4 nitrogen and oxygen atoms in total. The van der Waals surface area contributed by atoms with Crippen molar-refractivity contribution in [1.82, 2.24) is 5.32 Å². The number of ether oxygens (including phenoxy) is 2. The standard InChI is InChI=1S/C18H22FNO3/c1-13(21)10-20-11-14-7-5-9-17(22-2)18(14)23-12-15-6-3-4-8-16(15)19/h3-9,13,20-21H,10-12H2,1-2H3. The molecule has 5 heteroatoms. The zero-order chi connectivity index (χ0) is 16.7. The minimum atomic E-state index is -0.427. The second kappa shape index (κ2) is 8.50. The summed E-state index contributed by atoms with van der Waals surface area (Å²) >= 11 is 0. The van der Waals surface area contributed by atoms with E-state index in [1.54, 1.807) is 38.3 Å². The maximum atomic E-state index is 13.7. The van der Waals surface area contributed by atoms with E-state index in [4.69, 9.17) is 9.47 Å². The second-order valence-electron chi connectivity index (χ2n) is 5.31. The van der Waals surface area contributed by atoms with Crippen molar-refractivity contribution in [1.29, 1.82) is 0 Å². The van der Waals surface area contributed by atoms with Crippen LogP contribution >= 0.6 is 0 Å². The van der Waals surface area contributed by atoms with Gasteiger partial charge in [0.25, 0.3) is 0 Å². The van der Waals surface area contributed by atoms with Crippen LogP contribution in [0.15, 0.2) is 42.5 Å². The van der Waals surface area contributed by atoms with Gasteiger partial charge in [-0.15, -0.1) is 0 Å². The Hall–Kier alpha value is -2.11. The quantitative estimate of drug-likeness (QED) is 0.785. The number of rotatable bonds is 8. The summed E-state index contributed by atoms with van der Waals surface area (Å²) in [5, 5.41) is 12.5. The number of hydrogen-bond acceptors (Lipinski definition) is 4. The molecule has 0 aliphatic rings. The Morgan fingerprint density at radius 3 is 2.57 bits per heavy atom. The smallest absolute Gasteiger partial charge is 0.166 e. The summed E-state index contributed by atoms with van der Waals surface area (Å²) in [6.45, 7) is 2.84. The van der Waals surface area contributed by atoms with Gasteiger partial charge in [0.15, 0.2) is 11.5 Å². The van der Waals surface area contributed by atoms with Crippen LogP contribution in [0.2, 0.25) is 0 Å². The maximum absolute atomic E-state index is 13.7. The Morgan fingerprint density at radius 2 is 1.87 bits per heavy atom. The van der Waals surface area contributed by atoms with E-state index in [0.717, 1.165) is 5.56 Å². The first-order valence-electron chi connectivity index (χ1n) is 7.52. The van der Waals surface area contributed by atoms with Gasteiger partial charge in [0.05, 0.1) is 13.2 Å². The van der Waals surface area contributed by atoms with E-state index in [0.29, 0.717) is 30.2 Å². The molecule has 0 saturated carbocycles. The molecule has 2 N–H and O–H groups in total. The van der Waals surface area contributed by atoms with E-state index in [9.17, 15) is 9.50 Å². The Labute approximate surface area is 135 Å². The molecule has 0 radical (unpaired) electrons. The van der Waals surface area contributed by atoms with Gasteiger partial charge >= 0.3 is 0 Å². The normalized spacial score (nSPS) is 12.0. The molecule has 1 unspecified atom stereocenters. The minimum Gasteiger partial charge on any atom is -0.493 e. The van der Waals surface area contributed by atoms with Crippen LogP contribution in [-0.4, -0.2) is 24.9 Å². The van der Waals surface area contributed by atoms with Gasteiger partial charge < -0.3 is 19.9 Å². The highest BCUT2D eigenvalue weighted by molar-refractivity contribution is 5.46. The summed E-state index contributed by atoms with van der Waals surface area (Å²) in [6, 6.07) is 12.1. The lowest BCUT2D eigenvalue weighted by Crippen LogP contribution is -2.24. The Bertz CT molecular complexity index is 631. The number of methoxy groups -OCH3 is 1. The topological polar surface area (TPSA) is 50.7 Å². The van der Waals surface area contributed by atoms with Crippen LogP contribution in [0.4, 0.5) is 4.39 Å². The van der Waals surface area contributed by atoms with Crippen molar-refractivity contribution in [2.75, 3.05) is 13.7 Å². The molecule has 2 rings (SSSR count). The maximum Gasteiger partial charge on any atom is 0.166 e. The number of para-hydroxylation sites is 1. The summed E-state index contributed by atoms with van der Waals surface area (Å²) in [5.74, 6) is 0.880. The number of hydrogen-bond donors (Lipinski definition) is 2. The Kier molecular flexibility index (Phi) is 6.38. The summed E-state index contributed by atoms with van der Waals surface area (Å²) in [4.78, 5) is 0. The predicted octanol–water partition coefficient (Wildman–Crippen LogP) is 2.88. The van der Waals surface area contributed by atoms with E-state index in [1.807, 2.05) is 12.1 Å². The SMILES string of the molecule is COc1cccc(CNCC(C)O)c1OCc1ccccc1F. The molecular weight excluding hydrogens is 297 g/mol. The van der Waals surface area contributed by atoms with Gasteiger partial charge in [-0.3, -0.25) is 0 Å². The van der Waals surface area contributed by atoms with Crippen molar-refractivity contribution in [3.63, 3.8) is 0 Å². The molecular formula is C18H22FNO3. The highest BCUT2D eigenvalue weighted by atomic mass is 19.1. The van der Waals surface area contributed by atoms with Crippen molar-refractivity contribution in [3.8, 4) is 11.5 Å². The largest absolute Gasteiger partial charge is 0.493 e. The van der Waals surface area contributed by atoms with Crippen molar-refractivity contribution in [2.45, 2.75) is 26.2 Å². The molecule has 0 fully saturated rings. The Morgan fingerprint density at radius 1 is 1.13 bits per heavy atom. The summed E-state index contributed by atoms with van der Waals surface area (Å²) in [6.07, 6.45) is -0.427. The first kappa shape index (κ1) is 17.2. The highest BCUT2D eigenvalue weighted by Gasteiger charge is 2.12. The van der Waals surface area contributed by atoms with Gasteiger partial charge in [0.2, 0.25) is 0 Å². The summed E-state index contributed by atoms with van der Waals surface area (Å²) in [7, 11) is 1.57. The molecule has 0 aliphatic carbocycles. The zero-order valence-electron chi connectivity index (χ0n) is 13.4. The predicted molar refractivity (Wildman–Crippen MR) is 87.1 cm³/mol. The molecule has 23 heavy (non-hydrogen) atoms. The first-order chi connectivity index (χ1) is 11.1. The van der Waals surface area contributed by atoms with Gasteiger partial charge in [-0.2, -0.15) is 0 Å². The van der Waals surface area contributed by atoms with Crippen LogP contribution < -0.4 is 14.8 Å². The molecule has 0 heterocycles. The monoisotopic (exact) mass is 319 g/mol. The van der Waals surface area contributed by atoms with E-state index in [-0.39, 0.29) is 12.4 Å². The fourth-order valence-corrected chi connectivity index (χ4v) is 2.21. The third-order valence-electron chi connectivity index (χ3n) is 3.37. The molecule has 0 bridgehead atoms. The molecule has 0 amide bonds. The third-order valence-corrected chi connectivity index (χ3v) is 3.37. The second-order valence-corrected chi connectivity index (χ2v) is 5.31. The molecule has 2 aromatic carbocycles. The van der Waals surface area contributed by atoms with Crippen LogP contribution in [0.25, 0.3) is 0 Å². The van der Waals surface area contributed by atoms with Gasteiger partial charge in [0.1, 0.15) is 12.4 Å². The lowest BCUT2D eigenvalue weighted by atomic mass is 10.1. The van der Waals surface area contributed by atoms with Crippen LogP contribution in [0.5, 0.6) is 11.5 Å². The molecule has 124 valence electrons. The molecule has 1 atom stereocenters. The fourth-order valence-electron chi connectivity index (χ4n) is 2.21. The zero-order valence-corrected chi connectivity index (χ0v) is 13.4. The fraction of sp³-hybridized carbons (Fsp3) is 0.333. The van der Waals surface area contributed by atoms with Crippen molar-refractivity contribution in [2.24, 2.45) is 0 Å². The van der Waals surface area contributed by atoms with Gasteiger partial charge in [0, 0.05) is 24.2 Å². The number of benzene rings is 2.